The maximum atomic E-state index is 11.2. The molecule has 2 heterocycles. The largest absolute Gasteiger partial charge is 0.481 e. The predicted molar refractivity (Wildman–Crippen MR) is 112 cm³/mol. The minimum atomic E-state index is -1.17. The number of aryl methyl sites for hydroxylation is 1. The zero-order chi connectivity index (χ0) is 21.3. The number of aromatic nitrogens is 1. The van der Waals surface area contributed by atoms with Crippen molar-refractivity contribution in [3.63, 3.8) is 0 Å². The average molecular weight is 407 g/mol. The second-order valence-corrected chi connectivity index (χ2v) is 7.30. The Labute approximate surface area is 172 Å². The molecule has 154 valence electrons. The maximum Gasteiger partial charge on any atom is 0.409 e. The van der Waals surface area contributed by atoms with Crippen molar-refractivity contribution in [2.45, 2.75) is 13.3 Å². The van der Waals surface area contributed by atoms with Crippen LogP contribution in [0.15, 0.2) is 53.1 Å². The summed E-state index contributed by atoms with van der Waals surface area (Å²) in [6.07, 6.45) is -0.509. The molecule has 0 bridgehead atoms. The first-order valence-corrected chi connectivity index (χ1v) is 9.57. The highest BCUT2D eigenvalue weighted by atomic mass is 16.5. The summed E-state index contributed by atoms with van der Waals surface area (Å²) in [7, 11) is 0. The van der Waals surface area contributed by atoms with E-state index in [1.165, 1.54) is 0 Å². The SMILES string of the molecule is Cc1noc(-c2ccc(-c3ccc(N4CC[C@H](C(=O)O)C4)cc3)cc2)c1NC(=O)O. The van der Waals surface area contributed by atoms with E-state index in [1.807, 2.05) is 48.5 Å². The van der Waals surface area contributed by atoms with Crippen LogP contribution in [-0.4, -0.2) is 40.5 Å². The van der Waals surface area contributed by atoms with E-state index in [1.54, 1.807) is 6.92 Å². The topological polar surface area (TPSA) is 116 Å². The summed E-state index contributed by atoms with van der Waals surface area (Å²) >= 11 is 0. The van der Waals surface area contributed by atoms with Gasteiger partial charge in [-0.05, 0) is 36.6 Å². The van der Waals surface area contributed by atoms with E-state index in [9.17, 15) is 9.59 Å². The van der Waals surface area contributed by atoms with Gasteiger partial charge in [0.1, 0.15) is 11.4 Å². The Morgan fingerprint density at radius 3 is 2.20 bits per heavy atom. The number of rotatable bonds is 5. The quantitative estimate of drug-likeness (QED) is 0.577. The molecule has 30 heavy (non-hydrogen) atoms. The maximum absolute atomic E-state index is 11.2. The Morgan fingerprint density at radius 1 is 1.03 bits per heavy atom. The van der Waals surface area contributed by atoms with Gasteiger partial charge >= 0.3 is 12.1 Å². The van der Waals surface area contributed by atoms with Crippen molar-refractivity contribution in [1.82, 2.24) is 5.16 Å². The first-order valence-electron chi connectivity index (χ1n) is 9.57. The number of aliphatic carboxylic acids is 1. The zero-order valence-electron chi connectivity index (χ0n) is 16.3. The van der Waals surface area contributed by atoms with Crippen LogP contribution >= 0.6 is 0 Å². The van der Waals surface area contributed by atoms with Crippen LogP contribution in [0.1, 0.15) is 12.1 Å². The van der Waals surface area contributed by atoms with Gasteiger partial charge in [0.05, 0.1) is 5.92 Å². The molecule has 1 aliphatic heterocycles. The number of benzene rings is 2. The highest BCUT2D eigenvalue weighted by Gasteiger charge is 2.28. The van der Waals surface area contributed by atoms with Crippen molar-refractivity contribution in [3.8, 4) is 22.5 Å². The molecule has 0 spiro atoms. The number of anilines is 2. The third-order valence-electron chi connectivity index (χ3n) is 5.35. The van der Waals surface area contributed by atoms with Gasteiger partial charge in [-0.3, -0.25) is 10.1 Å². The van der Waals surface area contributed by atoms with Crippen molar-refractivity contribution in [1.29, 1.82) is 0 Å². The summed E-state index contributed by atoms with van der Waals surface area (Å²) in [5.74, 6) is -0.672. The van der Waals surface area contributed by atoms with Gasteiger partial charge in [0, 0.05) is 24.3 Å². The molecule has 1 atom stereocenters. The Hall–Kier alpha value is -3.81. The average Bonchev–Trinajstić information content (AvgIpc) is 3.36. The molecule has 1 aliphatic rings. The lowest BCUT2D eigenvalue weighted by atomic mass is 10.0. The van der Waals surface area contributed by atoms with Gasteiger partial charge < -0.3 is 19.6 Å². The Kier molecular flexibility index (Phi) is 5.14. The number of nitrogens with zero attached hydrogens (tertiary/aromatic N) is 2. The lowest BCUT2D eigenvalue weighted by Crippen LogP contribution is -2.22. The number of amides is 1. The lowest BCUT2D eigenvalue weighted by Gasteiger charge is -2.18. The first kappa shape index (κ1) is 19.5. The van der Waals surface area contributed by atoms with E-state index in [-0.39, 0.29) is 5.92 Å². The molecular formula is C22H21N3O5. The first-order chi connectivity index (χ1) is 14.4. The van der Waals surface area contributed by atoms with E-state index in [4.69, 9.17) is 14.7 Å². The smallest absolute Gasteiger partial charge is 0.409 e. The fraction of sp³-hybridized carbons (Fsp3) is 0.227. The fourth-order valence-electron chi connectivity index (χ4n) is 3.70. The molecule has 4 rings (SSSR count). The molecule has 0 saturated carbocycles. The summed E-state index contributed by atoms with van der Waals surface area (Å²) in [5.41, 5.74) is 4.57. The van der Waals surface area contributed by atoms with Crippen LogP contribution in [0.5, 0.6) is 0 Å². The van der Waals surface area contributed by atoms with Crippen molar-refractivity contribution in [2.75, 3.05) is 23.3 Å². The Bertz CT molecular complexity index is 1070. The molecule has 8 heteroatoms. The standard InChI is InChI=1S/C22H21N3O5/c1-13-19(23-22(28)29)20(30-24-13)16-4-2-14(3-5-16)15-6-8-18(9-7-15)25-11-10-17(12-25)21(26)27/h2-9,17,23H,10-12H2,1H3,(H,26,27)(H,28,29)/t17-/m0/s1. The number of carbonyl (C=O) groups is 2. The molecule has 0 aliphatic carbocycles. The molecule has 3 aromatic rings. The molecule has 1 aromatic heterocycles. The van der Waals surface area contributed by atoms with Crippen molar-refractivity contribution in [2.24, 2.45) is 5.92 Å². The molecule has 1 saturated heterocycles. The van der Waals surface area contributed by atoms with Crippen LogP contribution in [0, 0.1) is 12.8 Å². The molecule has 0 radical (unpaired) electrons. The van der Waals surface area contributed by atoms with E-state index < -0.39 is 12.1 Å². The summed E-state index contributed by atoms with van der Waals surface area (Å²) < 4.78 is 5.30. The number of hydrogen-bond donors (Lipinski definition) is 3. The Morgan fingerprint density at radius 2 is 1.63 bits per heavy atom. The second-order valence-electron chi connectivity index (χ2n) is 7.30. The molecule has 3 N–H and O–H groups in total. The number of nitrogens with one attached hydrogen (secondary N) is 1. The van der Waals surface area contributed by atoms with E-state index in [0.717, 1.165) is 28.9 Å². The van der Waals surface area contributed by atoms with E-state index in [2.05, 4.69) is 15.4 Å². The minimum Gasteiger partial charge on any atom is -0.481 e. The summed E-state index contributed by atoms with van der Waals surface area (Å²) in [4.78, 5) is 24.2. The van der Waals surface area contributed by atoms with Crippen LogP contribution in [0.3, 0.4) is 0 Å². The lowest BCUT2D eigenvalue weighted by molar-refractivity contribution is -0.140. The summed E-state index contributed by atoms with van der Waals surface area (Å²) in [6.45, 7) is 2.95. The highest BCUT2D eigenvalue weighted by molar-refractivity contribution is 5.89. The Balaban J connectivity index is 1.51. The molecule has 1 amide bonds. The molecule has 1 fully saturated rings. The number of hydrogen-bond acceptors (Lipinski definition) is 5. The molecule has 8 nitrogen and oxygen atoms in total. The van der Waals surface area contributed by atoms with Crippen LogP contribution in [-0.2, 0) is 4.79 Å². The molecular weight excluding hydrogens is 386 g/mol. The van der Waals surface area contributed by atoms with Gasteiger partial charge in [-0.2, -0.15) is 0 Å². The molecule has 2 aromatic carbocycles. The third-order valence-corrected chi connectivity index (χ3v) is 5.35. The van der Waals surface area contributed by atoms with E-state index in [0.29, 0.717) is 30.1 Å². The van der Waals surface area contributed by atoms with Crippen LogP contribution in [0.2, 0.25) is 0 Å². The van der Waals surface area contributed by atoms with Gasteiger partial charge in [0.2, 0.25) is 0 Å². The normalized spacial score (nSPS) is 15.9. The van der Waals surface area contributed by atoms with Crippen LogP contribution < -0.4 is 10.2 Å². The summed E-state index contributed by atoms with van der Waals surface area (Å²) in [5, 5.41) is 24.3. The number of carboxylic acid groups (broad SMARTS) is 2. The van der Waals surface area contributed by atoms with Gasteiger partial charge in [0.15, 0.2) is 5.76 Å². The van der Waals surface area contributed by atoms with Gasteiger partial charge in [-0.25, -0.2) is 4.79 Å². The van der Waals surface area contributed by atoms with Crippen LogP contribution in [0.25, 0.3) is 22.5 Å². The van der Waals surface area contributed by atoms with Gasteiger partial charge in [-0.15, -0.1) is 0 Å². The predicted octanol–water partition coefficient (Wildman–Crippen LogP) is 4.32. The number of carboxylic acids is 1. The monoisotopic (exact) mass is 407 g/mol. The van der Waals surface area contributed by atoms with Crippen LogP contribution in [0.4, 0.5) is 16.2 Å². The molecule has 0 unspecified atom stereocenters. The van der Waals surface area contributed by atoms with Crippen molar-refractivity contribution < 1.29 is 24.3 Å². The second kappa shape index (κ2) is 7.90. The summed E-state index contributed by atoms with van der Waals surface area (Å²) in [6, 6.07) is 15.6. The van der Waals surface area contributed by atoms with Gasteiger partial charge in [-0.1, -0.05) is 41.6 Å². The minimum absolute atomic E-state index is 0.308. The van der Waals surface area contributed by atoms with Crippen molar-refractivity contribution >= 4 is 23.4 Å². The van der Waals surface area contributed by atoms with E-state index >= 15 is 0 Å². The third kappa shape index (κ3) is 3.84. The highest BCUT2D eigenvalue weighted by Crippen LogP contribution is 2.33. The van der Waals surface area contributed by atoms with Gasteiger partial charge in [0.25, 0.3) is 0 Å². The van der Waals surface area contributed by atoms with Crippen molar-refractivity contribution in [3.05, 3.63) is 54.2 Å². The fourth-order valence-corrected chi connectivity index (χ4v) is 3.70. The zero-order valence-corrected chi connectivity index (χ0v) is 16.3.